The molecule has 0 aromatic carbocycles. The van der Waals surface area contributed by atoms with Gasteiger partial charge in [-0.3, -0.25) is 4.79 Å². The van der Waals surface area contributed by atoms with Crippen molar-refractivity contribution in [1.29, 1.82) is 0 Å². The third-order valence-corrected chi connectivity index (χ3v) is 3.42. The topological polar surface area (TPSA) is 37.3 Å². The van der Waals surface area contributed by atoms with Gasteiger partial charge in [-0.15, -0.1) is 0 Å². The van der Waals surface area contributed by atoms with Crippen LogP contribution in [0.3, 0.4) is 0 Å². The number of hydrogen-bond donors (Lipinski definition) is 1. The van der Waals surface area contributed by atoms with Gasteiger partial charge in [0.25, 0.3) is 0 Å². The average molecular weight is 208 g/mol. The lowest BCUT2D eigenvalue weighted by Crippen LogP contribution is -2.25. The molecule has 0 fully saturated rings. The molecule has 0 saturated carbocycles. The van der Waals surface area contributed by atoms with Crippen LogP contribution in [0.25, 0.3) is 0 Å². The van der Waals surface area contributed by atoms with Crippen LogP contribution in [-0.2, 0) is 4.79 Å². The average Bonchev–Trinajstić information content (AvgIpc) is 2.16. The summed E-state index contributed by atoms with van der Waals surface area (Å²) in [6, 6.07) is 0. The van der Waals surface area contributed by atoms with E-state index in [2.05, 4.69) is 20.8 Å². The van der Waals surface area contributed by atoms with Crippen molar-refractivity contribution < 1.29 is 9.90 Å². The van der Waals surface area contributed by atoms with Crippen LogP contribution in [0, 0.1) is 11.3 Å². The Balaban J connectivity index is 3.05. The van der Waals surface area contributed by atoms with Crippen molar-refractivity contribution in [3.05, 3.63) is 23.0 Å². The van der Waals surface area contributed by atoms with Crippen molar-refractivity contribution in [1.82, 2.24) is 0 Å². The molecular formula is C13H20O2. The molecule has 0 heterocycles. The van der Waals surface area contributed by atoms with Crippen LogP contribution in [0.5, 0.6) is 0 Å². The minimum atomic E-state index is 0.170. The number of aliphatic hydroxyl groups is 1. The van der Waals surface area contributed by atoms with Crippen LogP contribution >= 0.6 is 0 Å². The van der Waals surface area contributed by atoms with Gasteiger partial charge in [-0.05, 0) is 47.8 Å². The minimum Gasteiger partial charge on any atom is -0.515 e. The van der Waals surface area contributed by atoms with Crippen molar-refractivity contribution in [3.63, 3.8) is 0 Å². The molecule has 0 spiro atoms. The molecule has 0 bridgehead atoms. The van der Waals surface area contributed by atoms with E-state index in [1.54, 1.807) is 0 Å². The zero-order valence-electron chi connectivity index (χ0n) is 10.0. The fourth-order valence-corrected chi connectivity index (χ4v) is 2.01. The van der Waals surface area contributed by atoms with E-state index in [0.29, 0.717) is 5.92 Å². The zero-order valence-corrected chi connectivity index (χ0v) is 10.0. The Labute approximate surface area is 91.7 Å². The number of aldehydes is 1. The lowest BCUT2D eigenvalue weighted by Gasteiger charge is -2.35. The fraction of sp³-hybridized carbons (Fsp3) is 0.615. The number of hydrogen-bond acceptors (Lipinski definition) is 2. The first-order chi connectivity index (χ1) is 6.90. The highest BCUT2D eigenvalue weighted by Crippen LogP contribution is 2.41. The summed E-state index contributed by atoms with van der Waals surface area (Å²) in [5, 5.41) is 9.15. The van der Waals surface area contributed by atoms with Gasteiger partial charge in [0.1, 0.15) is 6.29 Å². The molecular weight excluding hydrogens is 188 g/mol. The van der Waals surface area contributed by atoms with Gasteiger partial charge in [-0.25, -0.2) is 0 Å². The molecule has 1 aliphatic carbocycles. The Hall–Kier alpha value is -1.05. The Morgan fingerprint density at radius 1 is 1.33 bits per heavy atom. The third kappa shape index (κ3) is 2.49. The minimum absolute atomic E-state index is 0.170. The summed E-state index contributed by atoms with van der Waals surface area (Å²) in [6.45, 7) is 8.44. The second-order valence-corrected chi connectivity index (χ2v) is 5.39. The van der Waals surface area contributed by atoms with Crippen LogP contribution in [-0.4, -0.2) is 11.4 Å². The molecule has 0 saturated heterocycles. The molecule has 0 aromatic rings. The quantitative estimate of drug-likeness (QED) is 0.529. The maximum atomic E-state index is 10.9. The van der Waals surface area contributed by atoms with Gasteiger partial charge in [0.15, 0.2) is 0 Å². The molecule has 84 valence electrons. The first-order valence-corrected chi connectivity index (χ1v) is 5.38. The van der Waals surface area contributed by atoms with Gasteiger partial charge in [-0.2, -0.15) is 0 Å². The normalized spacial score (nSPS) is 25.9. The maximum absolute atomic E-state index is 10.9. The molecule has 1 unspecified atom stereocenters. The second kappa shape index (κ2) is 4.21. The van der Waals surface area contributed by atoms with Gasteiger partial charge in [0.2, 0.25) is 0 Å². The summed E-state index contributed by atoms with van der Waals surface area (Å²) in [6.07, 6.45) is 3.77. The van der Waals surface area contributed by atoms with Crippen molar-refractivity contribution in [2.45, 2.75) is 40.5 Å². The summed E-state index contributed by atoms with van der Waals surface area (Å²) >= 11 is 0. The molecule has 1 N–H and O–H groups in total. The van der Waals surface area contributed by atoms with E-state index in [9.17, 15) is 4.79 Å². The third-order valence-electron chi connectivity index (χ3n) is 3.42. The van der Waals surface area contributed by atoms with E-state index >= 15 is 0 Å². The Morgan fingerprint density at radius 3 is 2.33 bits per heavy atom. The van der Waals surface area contributed by atoms with Crippen LogP contribution in [0.2, 0.25) is 0 Å². The van der Waals surface area contributed by atoms with E-state index in [1.807, 2.05) is 6.92 Å². The lowest BCUT2D eigenvalue weighted by molar-refractivity contribution is -0.105. The first kappa shape index (κ1) is 12.0. The molecule has 2 nitrogen and oxygen atoms in total. The molecule has 2 heteroatoms. The van der Waals surface area contributed by atoms with Crippen LogP contribution in [0.1, 0.15) is 40.5 Å². The van der Waals surface area contributed by atoms with Gasteiger partial charge in [0, 0.05) is 0 Å². The molecule has 1 atom stereocenters. The number of allylic oxidation sites excluding steroid dienone is 3. The molecule has 0 aliphatic heterocycles. The summed E-state index contributed by atoms with van der Waals surface area (Å²) in [5.74, 6) is 0.430. The van der Waals surface area contributed by atoms with Gasteiger partial charge in [-0.1, -0.05) is 20.8 Å². The molecule has 15 heavy (non-hydrogen) atoms. The highest BCUT2D eigenvalue weighted by molar-refractivity contribution is 5.76. The molecule has 0 radical (unpaired) electrons. The molecule has 0 amide bonds. The number of carbonyl (C=O) groups excluding carboxylic acids is 1. The van der Waals surface area contributed by atoms with Crippen molar-refractivity contribution in [3.8, 4) is 0 Å². The molecule has 1 rings (SSSR count). The highest BCUT2D eigenvalue weighted by atomic mass is 16.2. The van der Waals surface area contributed by atoms with E-state index in [1.165, 1.54) is 0 Å². The van der Waals surface area contributed by atoms with E-state index in [0.717, 1.165) is 42.1 Å². The monoisotopic (exact) mass is 208 g/mol. The van der Waals surface area contributed by atoms with Crippen LogP contribution in [0.15, 0.2) is 23.0 Å². The fourth-order valence-electron chi connectivity index (χ4n) is 2.01. The summed E-state index contributed by atoms with van der Waals surface area (Å²) < 4.78 is 0. The largest absolute Gasteiger partial charge is 0.515 e. The van der Waals surface area contributed by atoms with Crippen LogP contribution in [0.4, 0.5) is 0 Å². The van der Waals surface area contributed by atoms with E-state index in [-0.39, 0.29) is 5.41 Å². The number of carbonyl (C=O) groups is 1. The highest BCUT2D eigenvalue weighted by Gasteiger charge is 2.30. The predicted octanol–water partition coefficient (Wildman–Crippen LogP) is 3.40. The summed E-state index contributed by atoms with van der Waals surface area (Å²) in [7, 11) is 0. The van der Waals surface area contributed by atoms with Gasteiger partial charge in [0.05, 0.1) is 6.26 Å². The van der Waals surface area contributed by atoms with Gasteiger partial charge >= 0.3 is 0 Å². The number of rotatable bonds is 1. The van der Waals surface area contributed by atoms with Gasteiger partial charge < -0.3 is 5.11 Å². The van der Waals surface area contributed by atoms with Crippen LogP contribution < -0.4 is 0 Å². The smallest absolute Gasteiger partial charge is 0.146 e. The second-order valence-electron chi connectivity index (χ2n) is 5.39. The van der Waals surface area contributed by atoms with Crippen molar-refractivity contribution >= 4 is 6.29 Å². The first-order valence-electron chi connectivity index (χ1n) is 5.38. The van der Waals surface area contributed by atoms with Crippen molar-refractivity contribution in [2.75, 3.05) is 0 Å². The standard InChI is InChI=1S/C13H20O2/c1-9-10(7-14)5-12(13(2,3)4)6-11(9)8-15/h7-8,12,14H,5-6H2,1-4H3/b10-7+. The summed E-state index contributed by atoms with van der Waals surface area (Å²) in [5.41, 5.74) is 2.86. The SMILES string of the molecule is CC1=C(C=O)CC(C(C)(C)C)C/C1=C\O. The Morgan fingerprint density at radius 2 is 1.93 bits per heavy atom. The van der Waals surface area contributed by atoms with E-state index in [4.69, 9.17) is 5.11 Å². The molecule has 1 aliphatic rings. The Bertz CT molecular complexity index is 316. The van der Waals surface area contributed by atoms with Crippen molar-refractivity contribution in [2.24, 2.45) is 11.3 Å². The Kier molecular flexibility index (Phi) is 3.38. The zero-order chi connectivity index (χ0) is 11.6. The lowest BCUT2D eigenvalue weighted by atomic mass is 9.69. The van der Waals surface area contributed by atoms with E-state index < -0.39 is 0 Å². The molecule has 0 aromatic heterocycles. The number of aliphatic hydroxyl groups excluding tert-OH is 1. The maximum Gasteiger partial charge on any atom is 0.146 e. The predicted molar refractivity (Wildman–Crippen MR) is 61.7 cm³/mol. The summed E-state index contributed by atoms with van der Waals surface area (Å²) in [4.78, 5) is 10.9.